The van der Waals surface area contributed by atoms with Crippen LogP contribution in [0.2, 0.25) is 0 Å². The first-order valence-corrected chi connectivity index (χ1v) is 11.7. The minimum atomic E-state index is -0.348. The van der Waals surface area contributed by atoms with Crippen molar-refractivity contribution in [1.82, 2.24) is 9.97 Å². The number of hydrogen-bond donors (Lipinski definition) is 0. The first-order chi connectivity index (χ1) is 17.5. The SMILES string of the molecule is COc1cc(C2CC(=O)Oc3c2c2nc4ccc(C)cc4nc2c2ccccc32)cc(OC)c1OC. The van der Waals surface area contributed by atoms with Crippen LogP contribution < -0.4 is 18.9 Å². The Kier molecular flexibility index (Phi) is 5.14. The molecule has 0 saturated heterocycles. The number of aryl methyl sites for hydroxylation is 1. The second-order valence-corrected chi connectivity index (χ2v) is 8.89. The number of aromatic nitrogens is 2. The Bertz CT molecular complexity index is 1670. The van der Waals surface area contributed by atoms with E-state index in [1.165, 1.54) is 0 Å². The standard InChI is InChI=1S/C29H24N2O5/c1-15-9-10-20-21(11-15)31-26-17-7-5-6-8-18(17)28-25(27(26)30-20)19(14-24(32)36-28)16-12-22(33-2)29(35-4)23(13-16)34-3/h5-13,19H,14H2,1-4H3. The van der Waals surface area contributed by atoms with E-state index in [4.69, 9.17) is 28.9 Å². The number of ether oxygens (including phenoxy) is 4. The fourth-order valence-corrected chi connectivity index (χ4v) is 5.12. The number of carbonyl (C=O) groups is 1. The van der Waals surface area contributed by atoms with Crippen molar-refractivity contribution in [2.75, 3.05) is 21.3 Å². The van der Waals surface area contributed by atoms with Crippen molar-refractivity contribution in [3.8, 4) is 23.0 Å². The summed E-state index contributed by atoms with van der Waals surface area (Å²) in [4.78, 5) is 23.0. The summed E-state index contributed by atoms with van der Waals surface area (Å²) in [6, 6.07) is 17.6. The number of hydrogen-bond acceptors (Lipinski definition) is 7. The maximum Gasteiger partial charge on any atom is 0.312 e. The van der Waals surface area contributed by atoms with E-state index in [1.807, 2.05) is 61.5 Å². The normalized spacial score (nSPS) is 15.1. The van der Waals surface area contributed by atoms with E-state index in [0.717, 1.165) is 44.0 Å². The molecule has 5 aromatic rings. The number of fused-ring (bicyclic) bond motifs is 7. The highest BCUT2D eigenvalue weighted by Gasteiger charge is 2.34. The zero-order chi connectivity index (χ0) is 25.0. The van der Waals surface area contributed by atoms with Gasteiger partial charge in [-0.1, -0.05) is 30.3 Å². The molecule has 1 unspecified atom stereocenters. The molecule has 36 heavy (non-hydrogen) atoms. The third-order valence-electron chi connectivity index (χ3n) is 6.77. The van der Waals surface area contributed by atoms with Crippen LogP contribution in [0.3, 0.4) is 0 Å². The molecule has 0 bridgehead atoms. The average Bonchev–Trinajstić information content (AvgIpc) is 2.90. The number of rotatable bonds is 4. The summed E-state index contributed by atoms with van der Waals surface area (Å²) in [5.41, 5.74) is 5.87. The van der Waals surface area contributed by atoms with E-state index in [-0.39, 0.29) is 18.3 Å². The first kappa shape index (κ1) is 22.1. The molecule has 1 aliphatic heterocycles. The lowest BCUT2D eigenvalue weighted by atomic mass is 9.83. The molecular formula is C29H24N2O5. The minimum Gasteiger partial charge on any atom is -0.493 e. The molecule has 1 atom stereocenters. The number of carbonyl (C=O) groups excluding carboxylic acids is 1. The van der Waals surface area contributed by atoms with Crippen molar-refractivity contribution >= 4 is 38.8 Å². The van der Waals surface area contributed by atoms with Gasteiger partial charge in [-0.3, -0.25) is 4.79 Å². The van der Waals surface area contributed by atoms with Crippen LogP contribution in [0.5, 0.6) is 23.0 Å². The maximum absolute atomic E-state index is 12.9. The van der Waals surface area contributed by atoms with Crippen molar-refractivity contribution in [3.63, 3.8) is 0 Å². The van der Waals surface area contributed by atoms with Crippen molar-refractivity contribution in [1.29, 1.82) is 0 Å². The first-order valence-electron chi connectivity index (χ1n) is 11.7. The lowest BCUT2D eigenvalue weighted by Gasteiger charge is -2.28. The monoisotopic (exact) mass is 480 g/mol. The smallest absolute Gasteiger partial charge is 0.312 e. The van der Waals surface area contributed by atoms with Gasteiger partial charge < -0.3 is 18.9 Å². The third kappa shape index (κ3) is 3.31. The van der Waals surface area contributed by atoms with E-state index in [1.54, 1.807) is 21.3 Å². The van der Waals surface area contributed by atoms with Crippen molar-refractivity contribution in [3.05, 3.63) is 71.3 Å². The van der Waals surface area contributed by atoms with Crippen LogP contribution in [0, 0.1) is 6.92 Å². The minimum absolute atomic E-state index is 0.146. The highest BCUT2D eigenvalue weighted by molar-refractivity contribution is 6.12. The fourth-order valence-electron chi connectivity index (χ4n) is 5.12. The summed E-state index contributed by atoms with van der Waals surface area (Å²) in [6.45, 7) is 2.04. The van der Waals surface area contributed by atoms with Gasteiger partial charge in [0.15, 0.2) is 11.5 Å². The second kappa shape index (κ2) is 8.37. The van der Waals surface area contributed by atoms with E-state index in [2.05, 4.69) is 0 Å². The Morgan fingerprint density at radius 2 is 1.53 bits per heavy atom. The Morgan fingerprint density at radius 1 is 0.833 bits per heavy atom. The van der Waals surface area contributed by atoms with E-state index in [9.17, 15) is 4.79 Å². The predicted molar refractivity (Wildman–Crippen MR) is 137 cm³/mol. The van der Waals surface area contributed by atoms with Crippen molar-refractivity contribution < 1.29 is 23.7 Å². The van der Waals surface area contributed by atoms with Crippen LogP contribution in [0.15, 0.2) is 54.6 Å². The number of esters is 1. The summed E-state index contributed by atoms with van der Waals surface area (Å²) in [6.07, 6.45) is 0.146. The van der Waals surface area contributed by atoms with Crippen LogP contribution in [0.4, 0.5) is 0 Å². The van der Waals surface area contributed by atoms with Crippen LogP contribution in [-0.2, 0) is 4.79 Å². The molecule has 1 aliphatic rings. The molecule has 0 saturated carbocycles. The molecule has 0 N–H and O–H groups in total. The Labute approximate surface area is 207 Å². The van der Waals surface area contributed by atoms with Gasteiger partial charge in [-0.05, 0) is 42.3 Å². The molecule has 4 aromatic carbocycles. The zero-order valence-electron chi connectivity index (χ0n) is 20.4. The lowest BCUT2D eigenvalue weighted by Crippen LogP contribution is -2.22. The Hall–Kier alpha value is -4.39. The second-order valence-electron chi connectivity index (χ2n) is 8.89. The van der Waals surface area contributed by atoms with Crippen LogP contribution in [-0.4, -0.2) is 37.3 Å². The molecule has 0 amide bonds. The predicted octanol–water partition coefficient (Wildman–Crippen LogP) is 5.71. The molecular weight excluding hydrogens is 456 g/mol. The molecule has 0 fully saturated rings. The molecule has 0 spiro atoms. The molecule has 0 aliphatic carbocycles. The summed E-state index contributed by atoms with van der Waals surface area (Å²) < 4.78 is 22.6. The molecule has 180 valence electrons. The van der Waals surface area contributed by atoms with Crippen molar-refractivity contribution in [2.24, 2.45) is 0 Å². The van der Waals surface area contributed by atoms with Gasteiger partial charge in [0.2, 0.25) is 5.75 Å². The molecule has 2 heterocycles. The third-order valence-corrected chi connectivity index (χ3v) is 6.77. The van der Waals surface area contributed by atoms with Crippen LogP contribution in [0.1, 0.15) is 29.0 Å². The van der Waals surface area contributed by atoms with Gasteiger partial charge in [-0.25, -0.2) is 9.97 Å². The van der Waals surface area contributed by atoms with Gasteiger partial charge >= 0.3 is 5.97 Å². The van der Waals surface area contributed by atoms with Crippen LogP contribution >= 0.6 is 0 Å². The van der Waals surface area contributed by atoms with E-state index in [0.29, 0.717) is 28.5 Å². The molecule has 0 radical (unpaired) electrons. The topological polar surface area (TPSA) is 79.8 Å². The fraction of sp³-hybridized carbons (Fsp3) is 0.207. The highest BCUT2D eigenvalue weighted by atomic mass is 16.5. The molecule has 7 heteroatoms. The Morgan fingerprint density at radius 3 is 2.22 bits per heavy atom. The highest BCUT2D eigenvalue weighted by Crippen LogP contribution is 2.49. The van der Waals surface area contributed by atoms with Crippen molar-refractivity contribution in [2.45, 2.75) is 19.3 Å². The Balaban J connectivity index is 1.73. The van der Waals surface area contributed by atoms with Gasteiger partial charge in [0.25, 0.3) is 0 Å². The van der Waals surface area contributed by atoms with E-state index < -0.39 is 0 Å². The maximum atomic E-state index is 12.9. The largest absolute Gasteiger partial charge is 0.493 e. The van der Waals surface area contributed by atoms with Gasteiger partial charge in [-0.2, -0.15) is 0 Å². The molecule has 6 rings (SSSR count). The number of benzene rings is 4. The molecule has 7 nitrogen and oxygen atoms in total. The van der Waals surface area contributed by atoms with Gasteiger partial charge in [0.1, 0.15) is 5.75 Å². The van der Waals surface area contributed by atoms with Crippen LogP contribution in [0.25, 0.3) is 32.8 Å². The van der Waals surface area contributed by atoms with Gasteiger partial charge in [0, 0.05) is 22.3 Å². The van der Waals surface area contributed by atoms with Gasteiger partial charge in [-0.15, -0.1) is 0 Å². The quantitative estimate of drug-likeness (QED) is 0.141. The number of nitrogens with zero attached hydrogens (tertiary/aromatic N) is 2. The average molecular weight is 481 g/mol. The molecule has 1 aromatic heterocycles. The summed E-state index contributed by atoms with van der Waals surface area (Å²) in [7, 11) is 4.72. The van der Waals surface area contributed by atoms with Gasteiger partial charge in [0.05, 0.1) is 49.8 Å². The van der Waals surface area contributed by atoms with E-state index >= 15 is 0 Å². The summed E-state index contributed by atoms with van der Waals surface area (Å²) in [5, 5.41) is 1.72. The summed E-state index contributed by atoms with van der Waals surface area (Å²) >= 11 is 0. The lowest BCUT2D eigenvalue weighted by molar-refractivity contribution is -0.135. The summed E-state index contributed by atoms with van der Waals surface area (Å²) in [5.74, 6) is 1.39. The number of methoxy groups -OCH3 is 3. The zero-order valence-corrected chi connectivity index (χ0v) is 20.4.